The molecule has 1 aliphatic rings. The van der Waals surface area contributed by atoms with Gasteiger partial charge in [0.1, 0.15) is 11.5 Å². The fourth-order valence-electron chi connectivity index (χ4n) is 2.83. The van der Waals surface area contributed by atoms with E-state index in [0.717, 1.165) is 6.54 Å². The Morgan fingerprint density at radius 1 is 1.14 bits per heavy atom. The van der Waals surface area contributed by atoms with Crippen LogP contribution in [0.3, 0.4) is 0 Å². The number of amides is 1. The van der Waals surface area contributed by atoms with Crippen LogP contribution in [0.2, 0.25) is 0 Å². The fraction of sp³-hybridized carbons (Fsp3) is 0.294. The number of aromatic nitrogens is 1. The minimum Gasteiger partial charge on any atom is -0.384 e. The van der Waals surface area contributed by atoms with Gasteiger partial charge in [-0.15, -0.1) is 0 Å². The van der Waals surface area contributed by atoms with E-state index in [0.29, 0.717) is 24.6 Å². The van der Waals surface area contributed by atoms with E-state index in [1.54, 1.807) is 18.2 Å². The van der Waals surface area contributed by atoms with Crippen LogP contribution < -0.4 is 5.73 Å². The number of anilines is 1. The van der Waals surface area contributed by atoms with Crippen molar-refractivity contribution in [1.82, 2.24) is 14.8 Å². The second-order valence-corrected chi connectivity index (χ2v) is 5.61. The Morgan fingerprint density at radius 2 is 1.91 bits per heavy atom. The number of carbonyl (C=O) groups is 1. The molecule has 2 aromatic rings. The molecule has 0 radical (unpaired) electrons. The number of rotatable bonds is 2. The van der Waals surface area contributed by atoms with Crippen molar-refractivity contribution in [2.24, 2.45) is 0 Å². The third-order valence-corrected chi connectivity index (χ3v) is 4.11. The average Bonchev–Trinajstić information content (AvgIpc) is 2.55. The standard InChI is InChI=1S/C17H20N4O/c1-20-10-11-21(12-15(20)13-6-3-2-4-7-13)17(22)14-8-5-9-16(18)19-14/h2-9,15H,10-12H2,1H3,(H2,18,19). The van der Waals surface area contributed by atoms with Crippen molar-refractivity contribution in [3.05, 3.63) is 59.8 Å². The summed E-state index contributed by atoms with van der Waals surface area (Å²) in [5, 5.41) is 0. The summed E-state index contributed by atoms with van der Waals surface area (Å²) in [6.45, 7) is 2.21. The molecule has 0 spiro atoms. The Kier molecular flexibility index (Phi) is 4.06. The highest BCUT2D eigenvalue weighted by molar-refractivity contribution is 5.92. The zero-order valence-electron chi connectivity index (χ0n) is 12.6. The lowest BCUT2D eigenvalue weighted by Crippen LogP contribution is -2.49. The van der Waals surface area contributed by atoms with Crippen LogP contribution in [0.25, 0.3) is 0 Å². The van der Waals surface area contributed by atoms with E-state index < -0.39 is 0 Å². The third kappa shape index (κ3) is 2.94. The summed E-state index contributed by atoms with van der Waals surface area (Å²) in [7, 11) is 2.10. The van der Waals surface area contributed by atoms with E-state index in [1.807, 2.05) is 23.1 Å². The first kappa shape index (κ1) is 14.5. The van der Waals surface area contributed by atoms with Crippen molar-refractivity contribution >= 4 is 11.7 Å². The summed E-state index contributed by atoms with van der Waals surface area (Å²) in [5.74, 6) is 0.320. The number of nitrogen functional groups attached to an aromatic ring is 1. The van der Waals surface area contributed by atoms with E-state index >= 15 is 0 Å². The van der Waals surface area contributed by atoms with Crippen molar-refractivity contribution in [3.8, 4) is 0 Å². The fourth-order valence-corrected chi connectivity index (χ4v) is 2.83. The van der Waals surface area contributed by atoms with Gasteiger partial charge in [0.05, 0.1) is 6.04 Å². The molecule has 2 N–H and O–H groups in total. The highest BCUT2D eigenvalue weighted by Gasteiger charge is 2.29. The quantitative estimate of drug-likeness (QED) is 0.918. The number of hydrogen-bond acceptors (Lipinski definition) is 4. The summed E-state index contributed by atoms with van der Waals surface area (Å²) in [5.41, 5.74) is 7.31. The highest BCUT2D eigenvalue weighted by atomic mass is 16.2. The summed E-state index contributed by atoms with van der Waals surface area (Å²) >= 11 is 0. The molecule has 0 bridgehead atoms. The van der Waals surface area contributed by atoms with Crippen LogP contribution in [0.5, 0.6) is 0 Å². The van der Waals surface area contributed by atoms with E-state index in [9.17, 15) is 4.79 Å². The molecule has 1 aromatic heterocycles. The molecule has 3 rings (SSSR count). The topological polar surface area (TPSA) is 62.5 Å². The Hall–Kier alpha value is -2.40. The Morgan fingerprint density at radius 3 is 2.64 bits per heavy atom. The molecule has 1 aromatic carbocycles. The van der Waals surface area contributed by atoms with Crippen LogP contribution in [-0.2, 0) is 0 Å². The van der Waals surface area contributed by atoms with Crippen molar-refractivity contribution in [2.75, 3.05) is 32.4 Å². The van der Waals surface area contributed by atoms with E-state index in [2.05, 4.69) is 29.1 Å². The number of nitrogens with zero attached hydrogens (tertiary/aromatic N) is 3. The van der Waals surface area contributed by atoms with Crippen LogP contribution in [0, 0.1) is 0 Å². The molecular formula is C17H20N4O. The van der Waals surface area contributed by atoms with Gasteiger partial charge in [0.15, 0.2) is 0 Å². The van der Waals surface area contributed by atoms with Crippen molar-refractivity contribution in [1.29, 1.82) is 0 Å². The molecule has 5 nitrogen and oxygen atoms in total. The van der Waals surface area contributed by atoms with Crippen molar-refractivity contribution < 1.29 is 4.79 Å². The summed E-state index contributed by atoms with van der Waals surface area (Å²) < 4.78 is 0. The van der Waals surface area contributed by atoms with Crippen LogP contribution in [0.1, 0.15) is 22.1 Å². The lowest BCUT2D eigenvalue weighted by Gasteiger charge is -2.39. The van der Waals surface area contributed by atoms with Crippen LogP contribution in [-0.4, -0.2) is 47.4 Å². The van der Waals surface area contributed by atoms with Gasteiger partial charge in [0.25, 0.3) is 5.91 Å². The first-order chi connectivity index (χ1) is 10.6. The molecule has 0 aliphatic carbocycles. The molecule has 22 heavy (non-hydrogen) atoms. The minimum absolute atomic E-state index is 0.0543. The maximum Gasteiger partial charge on any atom is 0.272 e. The van der Waals surface area contributed by atoms with Gasteiger partial charge < -0.3 is 10.6 Å². The maximum absolute atomic E-state index is 12.6. The molecule has 114 valence electrons. The average molecular weight is 296 g/mol. The van der Waals surface area contributed by atoms with Gasteiger partial charge in [-0.2, -0.15) is 0 Å². The van der Waals surface area contributed by atoms with Gasteiger partial charge in [-0.3, -0.25) is 9.69 Å². The minimum atomic E-state index is -0.0543. The predicted molar refractivity (Wildman–Crippen MR) is 86.4 cm³/mol. The number of likely N-dealkylation sites (N-methyl/N-ethyl adjacent to an activating group) is 1. The van der Waals surface area contributed by atoms with Crippen molar-refractivity contribution in [3.63, 3.8) is 0 Å². The molecule has 2 heterocycles. The van der Waals surface area contributed by atoms with Crippen LogP contribution >= 0.6 is 0 Å². The number of piperazine rings is 1. The monoisotopic (exact) mass is 296 g/mol. The first-order valence-corrected chi connectivity index (χ1v) is 7.42. The molecule has 0 saturated carbocycles. The Labute approximate surface area is 130 Å². The number of benzene rings is 1. The molecule has 1 fully saturated rings. The summed E-state index contributed by atoms with van der Waals surface area (Å²) in [4.78, 5) is 20.9. The van der Waals surface area contributed by atoms with Gasteiger partial charge in [0.2, 0.25) is 0 Å². The molecule has 1 unspecified atom stereocenters. The van der Waals surface area contributed by atoms with E-state index in [-0.39, 0.29) is 11.9 Å². The summed E-state index contributed by atoms with van der Waals surface area (Å²) in [6.07, 6.45) is 0. The number of nitrogens with two attached hydrogens (primary N) is 1. The number of pyridine rings is 1. The first-order valence-electron chi connectivity index (χ1n) is 7.42. The van der Waals surface area contributed by atoms with Gasteiger partial charge in [-0.25, -0.2) is 4.98 Å². The molecule has 1 amide bonds. The summed E-state index contributed by atoms with van der Waals surface area (Å²) in [6, 6.07) is 15.7. The largest absolute Gasteiger partial charge is 0.384 e. The SMILES string of the molecule is CN1CCN(C(=O)c2cccc(N)n2)CC1c1ccccc1. The molecule has 1 aliphatic heterocycles. The van der Waals surface area contributed by atoms with Crippen molar-refractivity contribution in [2.45, 2.75) is 6.04 Å². The lowest BCUT2D eigenvalue weighted by atomic mass is 10.0. The second-order valence-electron chi connectivity index (χ2n) is 5.61. The zero-order valence-corrected chi connectivity index (χ0v) is 12.6. The number of carbonyl (C=O) groups excluding carboxylic acids is 1. The maximum atomic E-state index is 12.6. The molecule has 1 saturated heterocycles. The lowest BCUT2D eigenvalue weighted by molar-refractivity contribution is 0.0541. The Bertz CT molecular complexity index is 659. The zero-order chi connectivity index (χ0) is 15.5. The van der Waals surface area contributed by atoms with E-state index in [4.69, 9.17) is 5.73 Å². The van der Waals surface area contributed by atoms with Gasteiger partial charge in [-0.1, -0.05) is 36.4 Å². The smallest absolute Gasteiger partial charge is 0.272 e. The van der Waals surface area contributed by atoms with Gasteiger partial charge >= 0.3 is 0 Å². The molecule has 1 atom stereocenters. The van der Waals surface area contributed by atoms with Crippen LogP contribution in [0.4, 0.5) is 5.82 Å². The highest BCUT2D eigenvalue weighted by Crippen LogP contribution is 2.24. The van der Waals surface area contributed by atoms with Crippen LogP contribution in [0.15, 0.2) is 48.5 Å². The van der Waals surface area contributed by atoms with Gasteiger partial charge in [0, 0.05) is 19.6 Å². The Balaban J connectivity index is 1.80. The van der Waals surface area contributed by atoms with E-state index in [1.165, 1.54) is 5.56 Å². The number of hydrogen-bond donors (Lipinski definition) is 1. The second kappa shape index (κ2) is 6.15. The third-order valence-electron chi connectivity index (χ3n) is 4.11. The predicted octanol–water partition coefficient (Wildman–Crippen LogP) is 1.79. The van der Waals surface area contributed by atoms with Gasteiger partial charge in [-0.05, 0) is 24.7 Å². The molecular weight excluding hydrogens is 276 g/mol. The molecule has 5 heteroatoms. The normalized spacial score (nSPS) is 19.1.